The molecule has 2 aliphatic rings. The fourth-order valence-corrected chi connectivity index (χ4v) is 4.03. The molecule has 0 unspecified atom stereocenters. The summed E-state index contributed by atoms with van der Waals surface area (Å²) in [6.45, 7) is 3.65. The van der Waals surface area contributed by atoms with Gasteiger partial charge in [-0.05, 0) is 18.9 Å². The molecule has 0 radical (unpaired) electrons. The van der Waals surface area contributed by atoms with Crippen molar-refractivity contribution in [3.05, 3.63) is 28.5 Å². The molecule has 2 aromatic rings. The van der Waals surface area contributed by atoms with Crippen LogP contribution in [0.2, 0.25) is 0 Å². The van der Waals surface area contributed by atoms with Crippen LogP contribution in [-0.4, -0.2) is 62.6 Å². The normalized spacial score (nSPS) is 22.8. The fraction of sp³-hybridized carbons (Fsp3) is 0.625. The number of aromatic amines is 1. The summed E-state index contributed by atoms with van der Waals surface area (Å²) in [4.78, 5) is 8.78. The minimum Gasteiger partial charge on any atom is -0.390 e. The first-order valence-corrected chi connectivity index (χ1v) is 9.34. The van der Waals surface area contributed by atoms with Crippen molar-refractivity contribution in [3.8, 4) is 0 Å². The van der Waals surface area contributed by atoms with Crippen LogP contribution in [-0.2, 0) is 13.2 Å². The Bertz CT molecular complexity index is 684. The molecule has 1 atom stereocenters. The van der Waals surface area contributed by atoms with Crippen LogP contribution in [0, 0.1) is 0 Å². The van der Waals surface area contributed by atoms with Crippen molar-refractivity contribution in [2.45, 2.75) is 38.0 Å². The second-order valence-electron chi connectivity index (χ2n) is 6.71. The maximum atomic E-state index is 10.4. The van der Waals surface area contributed by atoms with Gasteiger partial charge in [-0.1, -0.05) is 0 Å². The molecule has 0 amide bonds. The highest BCUT2D eigenvalue weighted by Crippen LogP contribution is 2.39. The van der Waals surface area contributed by atoms with Crippen LogP contribution in [0.1, 0.15) is 35.8 Å². The third kappa shape index (κ3) is 3.61. The fourth-order valence-electron chi connectivity index (χ4n) is 3.18. The van der Waals surface area contributed by atoms with E-state index in [2.05, 4.69) is 31.0 Å². The van der Waals surface area contributed by atoms with Crippen molar-refractivity contribution < 1.29 is 10.2 Å². The van der Waals surface area contributed by atoms with E-state index in [1.54, 1.807) is 0 Å². The number of anilines is 1. The highest BCUT2D eigenvalue weighted by molar-refractivity contribution is 7.13. The number of rotatable bonds is 5. The van der Waals surface area contributed by atoms with E-state index >= 15 is 0 Å². The molecule has 1 aliphatic heterocycles. The van der Waals surface area contributed by atoms with Gasteiger partial charge in [-0.3, -0.25) is 10.00 Å². The van der Waals surface area contributed by atoms with Gasteiger partial charge in [-0.25, -0.2) is 4.98 Å². The monoisotopic (exact) mass is 349 g/mol. The lowest BCUT2D eigenvalue weighted by molar-refractivity contribution is 0.128. The van der Waals surface area contributed by atoms with Crippen molar-refractivity contribution in [2.75, 3.05) is 31.1 Å². The molecule has 4 rings (SSSR count). The van der Waals surface area contributed by atoms with Crippen LogP contribution in [0.15, 0.2) is 11.4 Å². The quantitative estimate of drug-likeness (QED) is 0.744. The van der Waals surface area contributed by atoms with Gasteiger partial charge in [0.1, 0.15) is 0 Å². The molecule has 0 bridgehead atoms. The van der Waals surface area contributed by atoms with E-state index in [1.807, 2.05) is 5.38 Å². The Balaban J connectivity index is 1.39. The highest BCUT2D eigenvalue weighted by Gasteiger charge is 2.27. The molecular weight excluding hydrogens is 326 g/mol. The van der Waals surface area contributed by atoms with Gasteiger partial charge in [0.05, 0.1) is 24.1 Å². The van der Waals surface area contributed by atoms with Crippen LogP contribution in [0.4, 0.5) is 5.13 Å². The number of H-pyrrole nitrogens is 1. The molecule has 7 nitrogen and oxygen atoms in total. The van der Waals surface area contributed by atoms with Gasteiger partial charge in [0.15, 0.2) is 5.13 Å². The molecule has 1 aliphatic carbocycles. The Kier molecular flexibility index (Phi) is 4.53. The average Bonchev–Trinajstić information content (AvgIpc) is 3.18. The van der Waals surface area contributed by atoms with Crippen molar-refractivity contribution in [3.63, 3.8) is 0 Å². The summed E-state index contributed by atoms with van der Waals surface area (Å²) in [6.07, 6.45) is 2.09. The van der Waals surface area contributed by atoms with E-state index in [9.17, 15) is 5.11 Å². The van der Waals surface area contributed by atoms with Gasteiger partial charge < -0.3 is 15.1 Å². The number of hydrogen-bond acceptors (Lipinski definition) is 7. The first-order chi connectivity index (χ1) is 11.7. The average molecular weight is 349 g/mol. The van der Waals surface area contributed by atoms with Crippen LogP contribution >= 0.6 is 11.3 Å². The van der Waals surface area contributed by atoms with E-state index in [-0.39, 0.29) is 6.61 Å². The summed E-state index contributed by atoms with van der Waals surface area (Å²) in [7, 11) is 0. The molecule has 1 saturated heterocycles. The molecule has 24 heavy (non-hydrogen) atoms. The number of nitrogens with one attached hydrogen (secondary N) is 1. The van der Waals surface area contributed by atoms with E-state index < -0.39 is 6.10 Å². The zero-order chi connectivity index (χ0) is 16.5. The van der Waals surface area contributed by atoms with Gasteiger partial charge >= 0.3 is 0 Å². The van der Waals surface area contributed by atoms with Crippen molar-refractivity contribution in [2.24, 2.45) is 0 Å². The van der Waals surface area contributed by atoms with Gasteiger partial charge in [0, 0.05) is 49.7 Å². The standard InChI is InChI=1S/C16H23N5O2S/c22-9-13-10-24-16(17-13)21-4-3-20(7-14(23)8-21)6-12-5-15(19-18-12)11-1-2-11/h5,10-11,14,22-23H,1-4,6-9H2,(H,18,19)/t14-/m0/s1. The predicted octanol–water partition coefficient (Wildman–Crippen LogP) is 0.919. The molecular formula is C16H23N5O2S. The highest BCUT2D eigenvalue weighted by atomic mass is 32.1. The summed E-state index contributed by atoms with van der Waals surface area (Å²) < 4.78 is 0. The van der Waals surface area contributed by atoms with E-state index in [4.69, 9.17) is 5.11 Å². The number of aromatic nitrogens is 3. The summed E-state index contributed by atoms with van der Waals surface area (Å²) in [5.74, 6) is 0.658. The van der Waals surface area contributed by atoms with E-state index in [1.165, 1.54) is 29.9 Å². The third-order valence-electron chi connectivity index (χ3n) is 4.60. The van der Waals surface area contributed by atoms with Gasteiger partial charge in [-0.15, -0.1) is 11.3 Å². The van der Waals surface area contributed by atoms with Crippen molar-refractivity contribution in [1.82, 2.24) is 20.1 Å². The molecule has 3 heterocycles. The summed E-state index contributed by atoms with van der Waals surface area (Å²) >= 11 is 1.52. The Morgan fingerprint density at radius 2 is 2.17 bits per heavy atom. The SMILES string of the molecule is OCc1csc(N2CCN(Cc3cc(C4CC4)n[nH]3)C[C@H](O)C2)n1. The lowest BCUT2D eigenvalue weighted by Gasteiger charge is -2.20. The van der Waals surface area contributed by atoms with Crippen LogP contribution in [0.3, 0.4) is 0 Å². The number of nitrogens with zero attached hydrogens (tertiary/aromatic N) is 4. The number of hydrogen-bond donors (Lipinski definition) is 3. The number of aliphatic hydroxyl groups is 2. The minimum absolute atomic E-state index is 0.0395. The number of aliphatic hydroxyl groups excluding tert-OH is 2. The largest absolute Gasteiger partial charge is 0.390 e. The Morgan fingerprint density at radius 1 is 1.29 bits per heavy atom. The first-order valence-electron chi connectivity index (χ1n) is 8.46. The maximum absolute atomic E-state index is 10.4. The summed E-state index contributed by atoms with van der Waals surface area (Å²) in [5.41, 5.74) is 2.99. The molecule has 3 N–H and O–H groups in total. The zero-order valence-electron chi connectivity index (χ0n) is 13.6. The lowest BCUT2D eigenvalue weighted by Crippen LogP contribution is -2.33. The molecule has 1 saturated carbocycles. The summed E-state index contributed by atoms with van der Waals surface area (Å²) in [6, 6.07) is 2.17. The topological polar surface area (TPSA) is 88.5 Å². The van der Waals surface area contributed by atoms with Gasteiger partial charge in [0.2, 0.25) is 0 Å². The number of thiazole rings is 1. The maximum Gasteiger partial charge on any atom is 0.185 e. The third-order valence-corrected chi connectivity index (χ3v) is 5.55. The van der Waals surface area contributed by atoms with Crippen molar-refractivity contribution >= 4 is 16.5 Å². The second kappa shape index (κ2) is 6.79. The molecule has 0 spiro atoms. The summed E-state index contributed by atoms with van der Waals surface area (Å²) in [5, 5.41) is 29.8. The molecule has 2 fully saturated rings. The van der Waals surface area contributed by atoms with Crippen LogP contribution in [0.5, 0.6) is 0 Å². The molecule has 8 heteroatoms. The van der Waals surface area contributed by atoms with Crippen LogP contribution in [0.25, 0.3) is 0 Å². The Morgan fingerprint density at radius 3 is 2.92 bits per heavy atom. The van der Waals surface area contributed by atoms with E-state index in [0.29, 0.717) is 24.7 Å². The first kappa shape index (κ1) is 16.0. The van der Waals surface area contributed by atoms with Crippen LogP contribution < -0.4 is 4.90 Å². The van der Waals surface area contributed by atoms with E-state index in [0.717, 1.165) is 30.5 Å². The van der Waals surface area contributed by atoms with Crippen molar-refractivity contribution in [1.29, 1.82) is 0 Å². The lowest BCUT2D eigenvalue weighted by atomic mass is 10.2. The molecule has 0 aromatic carbocycles. The molecule has 2 aromatic heterocycles. The second-order valence-corrected chi connectivity index (χ2v) is 7.54. The predicted molar refractivity (Wildman–Crippen MR) is 92.1 cm³/mol. The zero-order valence-corrected chi connectivity index (χ0v) is 14.4. The molecule has 130 valence electrons. The van der Waals surface area contributed by atoms with Gasteiger partial charge in [-0.2, -0.15) is 5.10 Å². The van der Waals surface area contributed by atoms with Gasteiger partial charge in [0.25, 0.3) is 0 Å². The smallest absolute Gasteiger partial charge is 0.185 e. The Hall–Kier alpha value is -1.48. The number of β-amino-alcohol motifs (C(OH)–C–C–N with tert-alkyl or cyclic N) is 1. The minimum atomic E-state index is -0.417. The Labute approximate surface area is 144 Å².